The van der Waals surface area contributed by atoms with Gasteiger partial charge >= 0.3 is 0 Å². The Morgan fingerprint density at radius 1 is 1.22 bits per heavy atom. The molecule has 1 N–H and O–H groups in total. The van der Waals surface area contributed by atoms with Crippen molar-refractivity contribution in [2.24, 2.45) is 11.3 Å². The van der Waals surface area contributed by atoms with E-state index in [-0.39, 0.29) is 5.91 Å². The highest BCUT2D eigenvalue weighted by atomic mass is 16.2. The molecule has 0 aromatic heterocycles. The third kappa shape index (κ3) is 4.27. The molecule has 0 spiro atoms. The SMILES string of the molecule is CCC(C)(C)C1CCC(NCC(=O)N(C)C)CC1. The number of hydrogen-bond donors (Lipinski definition) is 1. The van der Waals surface area contributed by atoms with Crippen LogP contribution in [0.1, 0.15) is 52.9 Å². The Kier molecular flexibility index (Phi) is 5.64. The summed E-state index contributed by atoms with van der Waals surface area (Å²) >= 11 is 0. The molecule has 3 heteroatoms. The molecule has 0 aliphatic heterocycles. The molecular weight excluding hydrogens is 224 g/mol. The minimum Gasteiger partial charge on any atom is -0.348 e. The van der Waals surface area contributed by atoms with E-state index >= 15 is 0 Å². The average Bonchev–Trinajstić information content (AvgIpc) is 2.36. The Balaban J connectivity index is 2.30. The van der Waals surface area contributed by atoms with Crippen molar-refractivity contribution >= 4 is 5.91 Å². The number of nitrogens with zero attached hydrogens (tertiary/aromatic N) is 1. The number of nitrogens with one attached hydrogen (secondary N) is 1. The van der Waals surface area contributed by atoms with E-state index in [1.807, 2.05) is 14.1 Å². The molecule has 1 aliphatic carbocycles. The second-order valence-electron chi connectivity index (χ2n) is 6.56. The summed E-state index contributed by atoms with van der Waals surface area (Å²) in [7, 11) is 3.62. The van der Waals surface area contributed by atoms with Gasteiger partial charge in [-0.3, -0.25) is 4.79 Å². The van der Waals surface area contributed by atoms with Gasteiger partial charge in [0.25, 0.3) is 0 Å². The van der Waals surface area contributed by atoms with Gasteiger partial charge in [-0.05, 0) is 37.0 Å². The fourth-order valence-corrected chi connectivity index (χ4v) is 2.76. The highest BCUT2D eigenvalue weighted by molar-refractivity contribution is 5.77. The topological polar surface area (TPSA) is 32.3 Å². The molecule has 0 saturated heterocycles. The molecule has 0 atom stereocenters. The van der Waals surface area contributed by atoms with Crippen molar-refractivity contribution in [3.63, 3.8) is 0 Å². The van der Waals surface area contributed by atoms with E-state index in [2.05, 4.69) is 26.1 Å². The highest BCUT2D eigenvalue weighted by Gasteiger charge is 2.31. The summed E-state index contributed by atoms with van der Waals surface area (Å²) in [6, 6.07) is 0.540. The van der Waals surface area contributed by atoms with Crippen molar-refractivity contribution in [2.75, 3.05) is 20.6 Å². The quantitative estimate of drug-likeness (QED) is 0.818. The van der Waals surface area contributed by atoms with Gasteiger partial charge in [0, 0.05) is 20.1 Å². The summed E-state index contributed by atoms with van der Waals surface area (Å²) in [4.78, 5) is 13.2. The lowest BCUT2D eigenvalue weighted by atomic mass is 9.69. The van der Waals surface area contributed by atoms with Gasteiger partial charge in [0.05, 0.1) is 6.54 Å². The first-order valence-electron chi connectivity index (χ1n) is 7.30. The molecule has 0 aromatic rings. The zero-order valence-corrected chi connectivity index (χ0v) is 12.8. The predicted molar refractivity (Wildman–Crippen MR) is 76.5 cm³/mol. The molecule has 1 saturated carbocycles. The van der Waals surface area contributed by atoms with Gasteiger partial charge in [-0.25, -0.2) is 0 Å². The Morgan fingerprint density at radius 3 is 2.22 bits per heavy atom. The number of carbonyl (C=O) groups excluding carboxylic acids is 1. The molecule has 1 amide bonds. The van der Waals surface area contributed by atoms with E-state index in [1.54, 1.807) is 4.90 Å². The first-order valence-corrected chi connectivity index (χ1v) is 7.30. The molecule has 1 aliphatic rings. The maximum absolute atomic E-state index is 11.5. The first kappa shape index (κ1) is 15.5. The van der Waals surface area contributed by atoms with Crippen LogP contribution in [0.3, 0.4) is 0 Å². The van der Waals surface area contributed by atoms with Crippen molar-refractivity contribution in [1.82, 2.24) is 10.2 Å². The summed E-state index contributed by atoms with van der Waals surface area (Å²) in [6.07, 6.45) is 6.29. The van der Waals surface area contributed by atoms with Gasteiger partial charge in [0.15, 0.2) is 0 Å². The Hall–Kier alpha value is -0.570. The summed E-state index contributed by atoms with van der Waals surface area (Å²) in [5.41, 5.74) is 0.477. The van der Waals surface area contributed by atoms with E-state index in [4.69, 9.17) is 0 Å². The lowest BCUT2D eigenvalue weighted by Crippen LogP contribution is -2.41. The van der Waals surface area contributed by atoms with Crippen LogP contribution in [0, 0.1) is 11.3 Å². The molecule has 0 bridgehead atoms. The average molecular weight is 254 g/mol. The van der Waals surface area contributed by atoms with Crippen LogP contribution < -0.4 is 5.32 Å². The molecule has 0 unspecified atom stereocenters. The van der Waals surface area contributed by atoms with Crippen molar-refractivity contribution in [2.45, 2.75) is 58.9 Å². The maximum Gasteiger partial charge on any atom is 0.236 e. The van der Waals surface area contributed by atoms with E-state index in [0.717, 1.165) is 5.92 Å². The zero-order valence-electron chi connectivity index (χ0n) is 12.8. The minimum atomic E-state index is 0.172. The van der Waals surface area contributed by atoms with Crippen LogP contribution in [0.4, 0.5) is 0 Å². The largest absolute Gasteiger partial charge is 0.348 e. The molecule has 0 aromatic carbocycles. The van der Waals surface area contributed by atoms with Crippen molar-refractivity contribution in [3.05, 3.63) is 0 Å². The van der Waals surface area contributed by atoms with Gasteiger partial charge in [-0.15, -0.1) is 0 Å². The Labute approximate surface area is 112 Å². The summed E-state index contributed by atoms with van der Waals surface area (Å²) in [5, 5.41) is 3.40. The number of amides is 1. The molecule has 3 nitrogen and oxygen atoms in total. The van der Waals surface area contributed by atoms with E-state index in [9.17, 15) is 4.79 Å². The van der Waals surface area contributed by atoms with Crippen LogP contribution in [0.5, 0.6) is 0 Å². The normalized spacial score (nSPS) is 24.9. The minimum absolute atomic E-state index is 0.172. The molecule has 106 valence electrons. The van der Waals surface area contributed by atoms with E-state index in [0.29, 0.717) is 18.0 Å². The number of likely N-dealkylation sites (N-methyl/N-ethyl adjacent to an activating group) is 1. The van der Waals surface area contributed by atoms with E-state index < -0.39 is 0 Å². The fourth-order valence-electron chi connectivity index (χ4n) is 2.76. The lowest BCUT2D eigenvalue weighted by molar-refractivity contribution is -0.127. The van der Waals surface area contributed by atoms with E-state index in [1.165, 1.54) is 32.1 Å². The second-order valence-corrected chi connectivity index (χ2v) is 6.56. The third-order valence-corrected chi connectivity index (χ3v) is 4.78. The summed E-state index contributed by atoms with van der Waals surface area (Å²) in [6.45, 7) is 7.56. The summed E-state index contributed by atoms with van der Waals surface area (Å²) in [5.74, 6) is 1.02. The number of rotatable bonds is 5. The lowest BCUT2D eigenvalue weighted by Gasteiger charge is -2.39. The fraction of sp³-hybridized carbons (Fsp3) is 0.933. The van der Waals surface area contributed by atoms with Gasteiger partial charge in [0.1, 0.15) is 0 Å². The number of hydrogen-bond acceptors (Lipinski definition) is 2. The molecule has 1 fully saturated rings. The van der Waals surface area contributed by atoms with Crippen LogP contribution in [-0.4, -0.2) is 37.5 Å². The third-order valence-electron chi connectivity index (χ3n) is 4.78. The monoisotopic (exact) mass is 254 g/mol. The first-order chi connectivity index (χ1) is 8.36. The number of carbonyl (C=O) groups is 1. The van der Waals surface area contributed by atoms with Gasteiger partial charge in [-0.2, -0.15) is 0 Å². The maximum atomic E-state index is 11.5. The highest BCUT2D eigenvalue weighted by Crippen LogP contribution is 2.40. The van der Waals surface area contributed by atoms with Crippen LogP contribution in [0.2, 0.25) is 0 Å². The molecule has 18 heavy (non-hydrogen) atoms. The molecular formula is C15H30N2O. The van der Waals surface area contributed by atoms with Gasteiger partial charge in [-0.1, -0.05) is 27.2 Å². The van der Waals surface area contributed by atoms with Gasteiger partial charge in [0.2, 0.25) is 5.91 Å². The Morgan fingerprint density at radius 2 is 1.78 bits per heavy atom. The van der Waals surface area contributed by atoms with Crippen molar-refractivity contribution in [1.29, 1.82) is 0 Å². The zero-order chi connectivity index (χ0) is 13.8. The van der Waals surface area contributed by atoms with Crippen LogP contribution in [0.15, 0.2) is 0 Å². The van der Waals surface area contributed by atoms with Crippen LogP contribution >= 0.6 is 0 Å². The standard InChI is InChI=1S/C15H30N2O/c1-6-15(2,3)12-7-9-13(10-8-12)16-11-14(18)17(4)5/h12-13,16H,6-11H2,1-5H3. The van der Waals surface area contributed by atoms with Crippen molar-refractivity contribution in [3.8, 4) is 0 Å². The molecule has 0 heterocycles. The molecule has 0 radical (unpaired) electrons. The summed E-state index contributed by atoms with van der Waals surface area (Å²) < 4.78 is 0. The van der Waals surface area contributed by atoms with Crippen molar-refractivity contribution < 1.29 is 4.79 Å². The van der Waals surface area contributed by atoms with Crippen LogP contribution in [0.25, 0.3) is 0 Å². The van der Waals surface area contributed by atoms with Gasteiger partial charge < -0.3 is 10.2 Å². The Bertz CT molecular complexity index is 266. The predicted octanol–water partition coefficient (Wildman–Crippen LogP) is 2.66. The molecule has 1 rings (SSSR count). The second kappa shape index (κ2) is 6.55. The van der Waals surface area contributed by atoms with Crippen LogP contribution in [-0.2, 0) is 4.79 Å². The smallest absolute Gasteiger partial charge is 0.236 e.